The van der Waals surface area contributed by atoms with Crippen LogP contribution < -0.4 is 10.1 Å². The van der Waals surface area contributed by atoms with Crippen molar-refractivity contribution in [1.29, 1.82) is 0 Å². The Labute approximate surface area is 229 Å². The molecule has 3 aromatic carbocycles. The normalized spacial score (nSPS) is 14.7. The van der Waals surface area contributed by atoms with E-state index in [9.17, 15) is 9.59 Å². The van der Waals surface area contributed by atoms with Crippen molar-refractivity contribution in [1.82, 2.24) is 9.88 Å². The third-order valence-corrected chi connectivity index (χ3v) is 6.82. The number of hydrogen-bond donors (Lipinski definition) is 2. The number of fused-ring (bicyclic) bond motifs is 3. The van der Waals surface area contributed by atoms with E-state index in [0.29, 0.717) is 41.1 Å². The Kier molecular flexibility index (Phi) is 7.74. The lowest BCUT2D eigenvalue weighted by molar-refractivity contribution is 0.107. The molecule has 8 nitrogen and oxygen atoms in total. The number of methoxy groups -OCH3 is 1. The summed E-state index contributed by atoms with van der Waals surface area (Å²) >= 11 is 12.3. The van der Waals surface area contributed by atoms with E-state index in [1.54, 1.807) is 41.3 Å². The number of anilines is 1. The Bertz CT molecular complexity index is 1450. The Balaban J connectivity index is 1.46. The number of hydrogen-bond acceptors (Lipinski definition) is 5. The molecule has 0 saturated carbocycles. The first-order valence-electron chi connectivity index (χ1n) is 12.0. The molecule has 4 aromatic rings. The van der Waals surface area contributed by atoms with Gasteiger partial charge >= 0.3 is 12.2 Å². The quantitative estimate of drug-likeness (QED) is 0.255. The third kappa shape index (κ3) is 5.57. The van der Waals surface area contributed by atoms with Crippen molar-refractivity contribution in [2.45, 2.75) is 12.5 Å². The molecule has 2 N–H and O–H groups in total. The molecule has 10 heteroatoms. The fourth-order valence-corrected chi connectivity index (χ4v) is 4.88. The van der Waals surface area contributed by atoms with Crippen LogP contribution in [0, 0.1) is 0 Å². The first-order chi connectivity index (χ1) is 18.4. The molecule has 0 saturated heterocycles. The summed E-state index contributed by atoms with van der Waals surface area (Å²) in [5.41, 5.74) is 4.34. The zero-order valence-corrected chi connectivity index (χ0v) is 22.0. The summed E-state index contributed by atoms with van der Waals surface area (Å²) in [6, 6.07) is 19.2. The second-order valence-corrected chi connectivity index (χ2v) is 9.62. The predicted octanol–water partition coefficient (Wildman–Crippen LogP) is 6.82. The number of H-pyrrole nitrogens is 1. The molecule has 196 valence electrons. The maximum Gasteiger partial charge on any atom is 0.416 e. The van der Waals surface area contributed by atoms with E-state index in [4.69, 9.17) is 37.4 Å². The van der Waals surface area contributed by atoms with Gasteiger partial charge in [-0.1, -0.05) is 35.3 Å². The van der Waals surface area contributed by atoms with Crippen LogP contribution in [0.5, 0.6) is 5.75 Å². The number of nitrogens with one attached hydrogen (secondary N) is 2. The smallest absolute Gasteiger partial charge is 0.416 e. The molecule has 0 radical (unpaired) electrons. The minimum absolute atomic E-state index is 0.153. The number of amides is 2. The second-order valence-electron chi connectivity index (χ2n) is 8.75. The van der Waals surface area contributed by atoms with Crippen LogP contribution in [0.3, 0.4) is 0 Å². The molecule has 1 aliphatic rings. The highest BCUT2D eigenvalue weighted by atomic mass is 35.5. The van der Waals surface area contributed by atoms with Gasteiger partial charge in [0.15, 0.2) is 0 Å². The summed E-state index contributed by atoms with van der Waals surface area (Å²) in [6.45, 7) is 0.907. The van der Waals surface area contributed by atoms with Crippen LogP contribution in [-0.4, -0.2) is 48.9 Å². The highest BCUT2D eigenvalue weighted by Crippen LogP contribution is 2.39. The van der Waals surface area contributed by atoms with Crippen LogP contribution in [0.2, 0.25) is 10.0 Å². The maximum absolute atomic E-state index is 13.4. The molecule has 1 atom stereocenters. The highest BCUT2D eigenvalue weighted by molar-refractivity contribution is 6.31. The number of halogens is 2. The lowest BCUT2D eigenvalue weighted by atomic mass is 9.92. The summed E-state index contributed by atoms with van der Waals surface area (Å²) in [6.07, 6.45) is -0.423. The predicted molar refractivity (Wildman–Crippen MR) is 146 cm³/mol. The average molecular weight is 554 g/mol. The number of carbonyl (C=O) groups is 2. The molecule has 1 unspecified atom stereocenters. The lowest BCUT2D eigenvalue weighted by Gasteiger charge is -2.35. The summed E-state index contributed by atoms with van der Waals surface area (Å²) in [4.78, 5) is 30.6. The molecule has 0 aliphatic carbocycles. The largest absolute Gasteiger partial charge is 0.447 e. The van der Waals surface area contributed by atoms with Crippen molar-refractivity contribution in [3.05, 3.63) is 93.6 Å². The summed E-state index contributed by atoms with van der Waals surface area (Å²) in [7, 11) is 1.53. The maximum atomic E-state index is 13.4. The summed E-state index contributed by atoms with van der Waals surface area (Å²) in [5, 5.41) is 4.92. The van der Waals surface area contributed by atoms with Crippen LogP contribution in [-0.2, 0) is 15.9 Å². The van der Waals surface area contributed by atoms with Gasteiger partial charge < -0.3 is 19.2 Å². The number of rotatable bonds is 6. The van der Waals surface area contributed by atoms with Gasteiger partial charge in [0.05, 0.1) is 6.61 Å². The molecule has 0 bridgehead atoms. The first kappa shape index (κ1) is 25.9. The molecular formula is C28H25Cl2N3O5. The number of ether oxygens (including phenoxy) is 3. The molecule has 2 heterocycles. The van der Waals surface area contributed by atoms with Gasteiger partial charge in [-0.2, -0.15) is 0 Å². The van der Waals surface area contributed by atoms with Gasteiger partial charge in [0.2, 0.25) is 0 Å². The van der Waals surface area contributed by atoms with Crippen LogP contribution in [0.4, 0.5) is 15.3 Å². The van der Waals surface area contributed by atoms with Crippen LogP contribution in [0.25, 0.3) is 10.9 Å². The van der Waals surface area contributed by atoms with Gasteiger partial charge in [0.1, 0.15) is 18.4 Å². The van der Waals surface area contributed by atoms with Crippen LogP contribution >= 0.6 is 23.2 Å². The average Bonchev–Trinajstić information content (AvgIpc) is 3.28. The fraction of sp³-hybridized carbons (Fsp3) is 0.214. The number of benzene rings is 3. The van der Waals surface area contributed by atoms with E-state index < -0.39 is 18.2 Å². The minimum Gasteiger partial charge on any atom is -0.447 e. The molecule has 0 fully saturated rings. The van der Waals surface area contributed by atoms with Gasteiger partial charge in [-0.25, -0.2) is 9.59 Å². The van der Waals surface area contributed by atoms with Crippen molar-refractivity contribution in [3.8, 4) is 5.75 Å². The van der Waals surface area contributed by atoms with Crippen LogP contribution in [0.15, 0.2) is 66.7 Å². The molecule has 1 aliphatic heterocycles. The lowest BCUT2D eigenvalue weighted by Crippen LogP contribution is -2.42. The molecule has 0 spiro atoms. The fourth-order valence-electron chi connectivity index (χ4n) is 4.59. The van der Waals surface area contributed by atoms with Crippen molar-refractivity contribution in [2.24, 2.45) is 0 Å². The summed E-state index contributed by atoms with van der Waals surface area (Å²) in [5.74, 6) is 0.402. The van der Waals surface area contributed by atoms with E-state index in [0.717, 1.165) is 27.7 Å². The van der Waals surface area contributed by atoms with Crippen molar-refractivity contribution < 1.29 is 23.8 Å². The Hall–Kier alpha value is -3.72. The first-order valence-corrected chi connectivity index (χ1v) is 12.7. The SMILES string of the molecule is COCCOC(=O)Nc1ccc(C2c3[nH]c4ccc(Cl)cc4c3CCN2C(=O)Oc2ccc(Cl)cc2)cc1. The number of carbonyl (C=O) groups excluding carboxylic acids is 2. The molecule has 2 amide bonds. The van der Waals surface area contributed by atoms with Crippen molar-refractivity contribution in [2.75, 3.05) is 32.2 Å². The molecule has 38 heavy (non-hydrogen) atoms. The highest BCUT2D eigenvalue weighted by Gasteiger charge is 2.35. The van der Waals surface area contributed by atoms with Gasteiger partial charge in [-0.15, -0.1) is 0 Å². The molecule has 5 rings (SSSR count). The van der Waals surface area contributed by atoms with E-state index in [-0.39, 0.29) is 6.61 Å². The van der Waals surface area contributed by atoms with E-state index in [2.05, 4.69) is 10.3 Å². The third-order valence-electron chi connectivity index (χ3n) is 6.34. The van der Waals surface area contributed by atoms with Crippen molar-refractivity contribution in [3.63, 3.8) is 0 Å². The number of aromatic nitrogens is 1. The Morgan fingerprint density at radius 3 is 2.47 bits per heavy atom. The van der Waals surface area contributed by atoms with Gasteiger partial charge in [0, 0.05) is 46.0 Å². The van der Waals surface area contributed by atoms with Gasteiger partial charge in [0.25, 0.3) is 0 Å². The van der Waals surface area contributed by atoms with Crippen molar-refractivity contribution >= 4 is 52.0 Å². The van der Waals surface area contributed by atoms with Gasteiger partial charge in [-0.05, 0) is 72.1 Å². The van der Waals surface area contributed by atoms with E-state index in [1.165, 1.54) is 7.11 Å². The molecular weight excluding hydrogens is 529 g/mol. The minimum atomic E-state index is -0.574. The Morgan fingerprint density at radius 1 is 1.00 bits per heavy atom. The standard InChI is InChI=1S/C28H25Cl2N3O5/c1-36-14-15-37-27(34)31-20-7-2-17(3-8-20)26-25-22(23-16-19(30)6-11-24(23)32-25)12-13-33(26)28(35)38-21-9-4-18(29)5-10-21/h2-11,16,26,32H,12-15H2,1H3,(H,31,34). The zero-order valence-electron chi connectivity index (χ0n) is 20.5. The topological polar surface area (TPSA) is 92.9 Å². The molecule has 1 aromatic heterocycles. The second kappa shape index (κ2) is 11.3. The number of aromatic amines is 1. The van der Waals surface area contributed by atoms with Crippen LogP contribution in [0.1, 0.15) is 22.9 Å². The van der Waals surface area contributed by atoms with Gasteiger partial charge in [-0.3, -0.25) is 10.2 Å². The zero-order chi connectivity index (χ0) is 26.6. The monoisotopic (exact) mass is 553 g/mol. The number of nitrogens with zero attached hydrogens (tertiary/aromatic N) is 1. The van der Waals surface area contributed by atoms with E-state index in [1.807, 2.05) is 30.3 Å². The van der Waals surface area contributed by atoms with E-state index >= 15 is 0 Å². The summed E-state index contributed by atoms with van der Waals surface area (Å²) < 4.78 is 15.7. The Morgan fingerprint density at radius 2 is 1.74 bits per heavy atom.